The molecule has 0 fully saturated rings. The van der Waals surface area contributed by atoms with E-state index in [2.05, 4.69) is 119 Å². The lowest BCUT2D eigenvalue weighted by molar-refractivity contribution is -0.516. The highest BCUT2D eigenvalue weighted by Crippen LogP contribution is 2.38. The van der Waals surface area contributed by atoms with E-state index in [1.165, 1.54) is 12.5 Å². The van der Waals surface area contributed by atoms with Crippen LogP contribution in [0.4, 0.5) is 11.5 Å². The first kappa shape index (κ1) is 24.8. The minimum atomic E-state index is -0.0802. The van der Waals surface area contributed by atoms with E-state index in [1.54, 1.807) is 0 Å². The largest absolute Gasteiger partial charge is 0.553 e. The quantitative estimate of drug-likeness (QED) is 0.324. The third-order valence-corrected chi connectivity index (χ3v) is 7.07. The number of hydrazine groups is 2. The number of amidine groups is 1. The average molecular weight is 517 g/mol. The van der Waals surface area contributed by atoms with Crippen LogP contribution in [0.2, 0.25) is 0 Å². The van der Waals surface area contributed by atoms with Crippen molar-refractivity contribution in [3.8, 4) is 0 Å². The molecular formula is C30H32BN7O+. The lowest BCUT2D eigenvalue weighted by atomic mass is 9.91. The van der Waals surface area contributed by atoms with Crippen LogP contribution in [-0.4, -0.2) is 40.2 Å². The summed E-state index contributed by atoms with van der Waals surface area (Å²) in [5, 5.41) is 4.90. The number of hydrogen-bond acceptors (Lipinski definition) is 4. The Morgan fingerprint density at radius 2 is 1.82 bits per heavy atom. The fourth-order valence-electron chi connectivity index (χ4n) is 5.31. The summed E-state index contributed by atoms with van der Waals surface area (Å²) in [6, 6.07) is 22.9. The number of carbonyl (C=O) groups excluding carboxylic acids is 1. The fraction of sp³-hybridized carbons (Fsp3) is 0.200. The van der Waals surface area contributed by atoms with Crippen LogP contribution in [0.3, 0.4) is 0 Å². The van der Waals surface area contributed by atoms with Crippen LogP contribution >= 0.6 is 0 Å². The second-order valence-corrected chi connectivity index (χ2v) is 10.00. The Morgan fingerprint density at radius 3 is 2.56 bits per heavy atom. The molecule has 1 amide bonds. The molecule has 0 atom stereocenters. The number of anilines is 2. The van der Waals surface area contributed by atoms with Gasteiger partial charge in [-0.05, 0) is 47.9 Å². The molecule has 1 aromatic heterocycles. The summed E-state index contributed by atoms with van der Waals surface area (Å²) in [5.41, 5.74) is 14.2. The molecule has 195 valence electrons. The maximum absolute atomic E-state index is 11.6. The second kappa shape index (κ2) is 10.3. The van der Waals surface area contributed by atoms with E-state index >= 15 is 0 Å². The molecule has 3 aromatic rings. The van der Waals surface area contributed by atoms with Crippen LogP contribution in [0, 0.1) is 0 Å². The lowest BCUT2D eigenvalue weighted by Gasteiger charge is -2.27. The molecule has 2 aromatic carbocycles. The maximum Gasteiger partial charge on any atom is 0.553 e. The van der Waals surface area contributed by atoms with Gasteiger partial charge in [-0.25, -0.2) is 5.01 Å². The predicted octanol–water partition coefficient (Wildman–Crippen LogP) is 4.19. The van der Waals surface area contributed by atoms with Gasteiger partial charge in [-0.3, -0.25) is 14.2 Å². The van der Waals surface area contributed by atoms with E-state index in [0.29, 0.717) is 0 Å². The third kappa shape index (κ3) is 4.77. The van der Waals surface area contributed by atoms with E-state index < -0.39 is 0 Å². The van der Waals surface area contributed by atoms with Crippen molar-refractivity contribution < 1.29 is 9.37 Å². The fourth-order valence-corrected chi connectivity index (χ4v) is 5.31. The Bertz CT molecular complexity index is 1530. The topological polar surface area (TPSA) is 67.6 Å². The number of aromatic nitrogens is 1. The van der Waals surface area contributed by atoms with Crippen molar-refractivity contribution in [3.05, 3.63) is 113 Å². The minimum absolute atomic E-state index is 0.0802. The van der Waals surface area contributed by atoms with Crippen LogP contribution in [0.25, 0.3) is 5.57 Å². The van der Waals surface area contributed by atoms with Crippen molar-refractivity contribution in [3.63, 3.8) is 0 Å². The zero-order chi connectivity index (χ0) is 26.9. The van der Waals surface area contributed by atoms with Crippen molar-refractivity contribution >= 4 is 36.4 Å². The Labute approximate surface area is 229 Å². The van der Waals surface area contributed by atoms with Gasteiger partial charge in [-0.2, -0.15) is 0 Å². The summed E-state index contributed by atoms with van der Waals surface area (Å²) in [4.78, 5) is 13.8. The summed E-state index contributed by atoms with van der Waals surface area (Å²) >= 11 is 0. The highest BCUT2D eigenvalue weighted by Gasteiger charge is 2.40. The zero-order valence-corrected chi connectivity index (χ0v) is 22.5. The molecule has 39 heavy (non-hydrogen) atoms. The lowest BCUT2D eigenvalue weighted by Crippen LogP contribution is -2.44. The van der Waals surface area contributed by atoms with Gasteiger partial charge in [0.1, 0.15) is 18.1 Å². The highest BCUT2D eigenvalue weighted by atomic mass is 16.1. The van der Waals surface area contributed by atoms with Crippen molar-refractivity contribution in [2.75, 3.05) is 17.4 Å². The third-order valence-electron chi connectivity index (χ3n) is 7.07. The van der Waals surface area contributed by atoms with E-state index in [9.17, 15) is 4.79 Å². The molecule has 3 aliphatic heterocycles. The number of hydrogen-bond donors (Lipinski definition) is 3. The zero-order valence-electron chi connectivity index (χ0n) is 22.5. The van der Waals surface area contributed by atoms with E-state index in [1.807, 2.05) is 23.2 Å². The Hall–Kier alpha value is -4.50. The first-order chi connectivity index (χ1) is 19.0. The van der Waals surface area contributed by atoms with E-state index in [0.717, 1.165) is 65.0 Å². The standard InChI is InChI=1S/C30H31BN7O/c1-4-8-25-20-36(34-33-25)29-18-16-27-30(23-11-13-24(14-12-23)32-21(2)39)26-15-17-28(37(26)31-38(27)29)35(3)19-22-9-6-5-7-10-22/h5-7,9-18,20,33-34H,4,8,19H2,1-3H3/p+1. The molecule has 0 unspecified atom stereocenters. The van der Waals surface area contributed by atoms with Crippen molar-refractivity contribution in [1.29, 1.82) is 0 Å². The molecular weight excluding hydrogens is 485 g/mol. The van der Waals surface area contributed by atoms with Gasteiger partial charge in [-0.1, -0.05) is 55.8 Å². The number of allylic oxidation sites excluding steroid dienone is 2. The molecule has 3 aliphatic rings. The molecule has 0 saturated carbocycles. The summed E-state index contributed by atoms with van der Waals surface area (Å²) in [7, 11) is 4.29. The Kier molecular flexibility index (Phi) is 6.58. The van der Waals surface area contributed by atoms with Crippen molar-refractivity contribution in [1.82, 2.24) is 20.2 Å². The molecule has 1 radical (unpaired) electrons. The number of amides is 1. The summed E-state index contributed by atoms with van der Waals surface area (Å²) < 4.78 is 4.50. The van der Waals surface area contributed by atoms with Gasteiger partial charge in [0, 0.05) is 41.9 Å². The number of rotatable bonds is 7. The van der Waals surface area contributed by atoms with Crippen LogP contribution in [0.1, 0.15) is 43.5 Å². The molecule has 0 saturated heterocycles. The molecule has 0 spiro atoms. The van der Waals surface area contributed by atoms with Crippen LogP contribution in [0.5, 0.6) is 0 Å². The number of carbonyl (C=O) groups is 1. The van der Waals surface area contributed by atoms with Gasteiger partial charge in [0.05, 0.1) is 7.05 Å². The Morgan fingerprint density at radius 1 is 1.03 bits per heavy atom. The monoisotopic (exact) mass is 517 g/mol. The van der Waals surface area contributed by atoms with Crippen LogP contribution in [-0.2, 0) is 11.3 Å². The maximum atomic E-state index is 11.6. The normalized spacial score (nSPS) is 16.9. The first-order valence-corrected chi connectivity index (χ1v) is 13.3. The smallest absolute Gasteiger partial charge is 0.329 e. The second-order valence-electron chi connectivity index (χ2n) is 10.00. The minimum Gasteiger partial charge on any atom is -0.329 e. The summed E-state index contributed by atoms with van der Waals surface area (Å²) in [5.74, 6) is 2.02. The van der Waals surface area contributed by atoms with Gasteiger partial charge in [0.2, 0.25) is 5.91 Å². The molecule has 0 bridgehead atoms. The predicted molar refractivity (Wildman–Crippen MR) is 156 cm³/mol. The molecule has 0 aliphatic carbocycles. The van der Waals surface area contributed by atoms with Crippen molar-refractivity contribution in [2.45, 2.75) is 33.2 Å². The van der Waals surface area contributed by atoms with Gasteiger partial charge < -0.3 is 15.2 Å². The highest BCUT2D eigenvalue weighted by molar-refractivity contribution is 6.41. The number of benzene rings is 2. The van der Waals surface area contributed by atoms with Crippen molar-refractivity contribution in [2.24, 2.45) is 0 Å². The molecule has 8 nitrogen and oxygen atoms in total. The SMILES string of the molecule is CCCC1=CN(c2ccc3n2[B]N2C(=C3c3ccc(NC(C)=O)cc3)C=CC2=[N+](C)Cc2ccccc2)NN1. The molecule has 4 heterocycles. The van der Waals surface area contributed by atoms with E-state index in [-0.39, 0.29) is 5.91 Å². The van der Waals surface area contributed by atoms with Gasteiger partial charge in [0.25, 0.3) is 5.84 Å². The molecule has 9 heteroatoms. The Balaban J connectivity index is 1.43. The average Bonchev–Trinajstić information content (AvgIpc) is 3.67. The van der Waals surface area contributed by atoms with Crippen LogP contribution in [0.15, 0.2) is 96.5 Å². The summed E-state index contributed by atoms with van der Waals surface area (Å²) in [6.45, 7) is 4.50. The number of nitrogens with one attached hydrogen (secondary N) is 3. The van der Waals surface area contributed by atoms with Crippen LogP contribution < -0.4 is 21.3 Å². The molecule has 6 rings (SSSR count). The van der Waals surface area contributed by atoms with Gasteiger partial charge in [-0.15, -0.1) is 5.53 Å². The summed E-state index contributed by atoms with van der Waals surface area (Å²) in [6.07, 6.45) is 8.55. The number of nitrogens with zero attached hydrogens (tertiary/aromatic N) is 4. The molecule has 3 N–H and O–H groups in total. The first-order valence-electron chi connectivity index (χ1n) is 13.3. The van der Waals surface area contributed by atoms with E-state index in [4.69, 9.17) is 0 Å². The van der Waals surface area contributed by atoms with Gasteiger partial charge >= 0.3 is 7.55 Å². The number of fused-ring (bicyclic) bond motifs is 2. The van der Waals surface area contributed by atoms with Gasteiger partial charge in [0.15, 0.2) is 0 Å².